The van der Waals surface area contributed by atoms with Crippen LogP contribution in [0.2, 0.25) is 0 Å². The fraction of sp³-hybridized carbons (Fsp3) is 0.562. The normalized spacial score (nSPS) is 13.6. The summed E-state index contributed by atoms with van der Waals surface area (Å²) < 4.78 is 11.6. The van der Waals surface area contributed by atoms with Crippen LogP contribution in [-0.2, 0) is 15.9 Å². The van der Waals surface area contributed by atoms with Crippen LogP contribution in [0.3, 0.4) is 0 Å². The molecule has 6 heteroatoms. The number of rotatable bonds is 9. The van der Waals surface area contributed by atoms with E-state index in [1.54, 1.807) is 0 Å². The summed E-state index contributed by atoms with van der Waals surface area (Å²) in [5, 5.41) is 9.59. The minimum atomic E-state index is -0.965. The predicted molar refractivity (Wildman–Crippen MR) is 93.8 cm³/mol. The largest absolute Gasteiger partial charge is 0.465 e. The topological polar surface area (TPSA) is 59.0 Å². The molecule has 0 aromatic heterocycles. The molecule has 1 aromatic carbocycles. The van der Waals surface area contributed by atoms with Gasteiger partial charge in [-0.25, -0.2) is 4.79 Å². The third-order valence-electron chi connectivity index (χ3n) is 3.39. The van der Waals surface area contributed by atoms with Crippen LogP contribution in [0.15, 0.2) is 24.3 Å². The third kappa shape index (κ3) is 5.73. The Bertz CT molecular complexity index is 469. The highest BCUT2D eigenvalue weighted by Crippen LogP contribution is 2.19. The van der Waals surface area contributed by atoms with Gasteiger partial charge < -0.3 is 14.6 Å². The summed E-state index contributed by atoms with van der Waals surface area (Å²) in [4.78, 5) is 13.1. The lowest BCUT2D eigenvalue weighted by Gasteiger charge is -2.34. The molecule has 0 spiro atoms. The quantitative estimate of drug-likeness (QED) is 0.485. The van der Waals surface area contributed by atoms with E-state index < -0.39 is 12.3 Å². The minimum Gasteiger partial charge on any atom is -0.465 e. The zero-order valence-corrected chi connectivity index (χ0v) is 15.4. The summed E-state index contributed by atoms with van der Waals surface area (Å²) in [6.07, 6.45) is 0.688. The SMILES string of the molecule is CCC[C@H](OCOC)N(C(=O)O)[C@@H](C)Cc1ccccc1I. The van der Waals surface area contributed by atoms with Crippen molar-refractivity contribution >= 4 is 28.7 Å². The number of ether oxygens (including phenoxy) is 2. The lowest BCUT2D eigenvalue weighted by atomic mass is 10.1. The van der Waals surface area contributed by atoms with Gasteiger partial charge in [-0.2, -0.15) is 0 Å². The maximum absolute atomic E-state index is 11.7. The van der Waals surface area contributed by atoms with Crippen LogP contribution >= 0.6 is 22.6 Å². The van der Waals surface area contributed by atoms with Gasteiger partial charge in [0.1, 0.15) is 13.0 Å². The molecule has 22 heavy (non-hydrogen) atoms. The standard InChI is InChI=1S/C16H24INO4/c1-4-7-15(22-11-21-3)18(16(19)20)12(2)10-13-8-5-6-9-14(13)17/h5-6,8-9,12,15H,4,7,10-11H2,1-3H3,(H,19,20)/t12-,15-/m0/s1. The Morgan fingerprint density at radius 3 is 2.64 bits per heavy atom. The lowest BCUT2D eigenvalue weighted by molar-refractivity contribution is -0.132. The average Bonchev–Trinajstić information content (AvgIpc) is 2.47. The Labute approximate surface area is 145 Å². The number of hydrogen-bond donors (Lipinski definition) is 1. The molecule has 0 aliphatic carbocycles. The van der Waals surface area contributed by atoms with Crippen molar-refractivity contribution in [1.82, 2.24) is 4.90 Å². The first-order valence-electron chi connectivity index (χ1n) is 7.36. The van der Waals surface area contributed by atoms with Crippen molar-refractivity contribution in [2.24, 2.45) is 0 Å². The highest BCUT2D eigenvalue weighted by molar-refractivity contribution is 14.1. The Morgan fingerprint density at radius 1 is 1.41 bits per heavy atom. The van der Waals surface area contributed by atoms with E-state index in [-0.39, 0.29) is 12.8 Å². The fourth-order valence-corrected chi connectivity index (χ4v) is 2.98. The van der Waals surface area contributed by atoms with E-state index in [4.69, 9.17) is 9.47 Å². The van der Waals surface area contributed by atoms with E-state index >= 15 is 0 Å². The molecule has 0 saturated carbocycles. The summed E-state index contributed by atoms with van der Waals surface area (Å²) in [7, 11) is 1.53. The van der Waals surface area contributed by atoms with Crippen molar-refractivity contribution < 1.29 is 19.4 Å². The number of halogens is 1. The molecule has 124 valence electrons. The molecule has 2 atom stereocenters. The second kappa shape index (κ2) is 10.0. The number of carboxylic acid groups (broad SMARTS) is 1. The highest BCUT2D eigenvalue weighted by Gasteiger charge is 2.28. The molecule has 0 unspecified atom stereocenters. The van der Waals surface area contributed by atoms with Crippen molar-refractivity contribution in [2.45, 2.75) is 45.4 Å². The van der Waals surface area contributed by atoms with Crippen LogP contribution in [0.4, 0.5) is 4.79 Å². The first-order chi connectivity index (χ1) is 10.5. The van der Waals surface area contributed by atoms with Gasteiger partial charge in [-0.1, -0.05) is 31.5 Å². The number of hydrogen-bond acceptors (Lipinski definition) is 3. The van der Waals surface area contributed by atoms with E-state index in [9.17, 15) is 9.90 Å². The van der Waals surface area contributed by atoms with Gasteiger partial charge in [0.05, 0.1) is 0 Å². The number of methoxy groups -OCH3 is 1. The molecule has 0 saturated heterocycles. The lowest BCUT2D eigenvalue weighted by Crippen LogP contribution is -2.47. The fourth-order valence-electron chi connectivity index (χ4n) is 2.37. The zero-order valence-electron chi connectivity index (χ0n) is 13.3. The monoisotopic (exact) mass is 421 g/mol. The number of carbonyl (C=O) groups is 1. The molecule has 1 aromatic rings. The van der Waals surface area contributed by atoms with Gasteiger partial charge in [0.25, 0.3) is 0 Å². The van der Waals surface area contributed by atoms with Gasteiger partial charge in [-0.3, -0.25) is 4.90 Å². The number of benzene rings is 1. The maximum Gasteiger partial charge on any atom is 0.409 e. The van der Waals surface area contributed by atoms with E-state index in [1.807, 2.05) is 38.1 Å². The van der Waals surface area contributed by atoms with E-state index in [2.05, 4.69) is 22.6 Å². The average molecular weight is 421 g/mol. The number of amides is 1. The summed E-state index contributed by atoms with van der Waals surface area (Å²) in [5.74, 6) is 0. The zero-order chi connectivity index (χ0) is 16.5. The Hall–Kier alpha value is -0.860. The van der Waals surface area contributed by atoms with Gasteiger partial charge in [-0.05, 0) is 54.0 Å². The Balaban J connectivity index is 2.87. The molecule has 1 rings (SSSR count). The van der Waals surface area contributed by atoms with E-state index in [0.717, 1.165) is 15.6 Å². The molecular weight excluding hydrogens is 397 g/mol. The van der Waals surface area contributed by atoms with Gasteiger partial charge in [0, 0.05) is 16.7 Å². The van der Waals surface area contributed by atoms with Crippen molar-refractivity contribution in [1.29, 1.82) is 0 Å². The van der Waals surface area contributed by atoms with Gasteiger partial charge >= 0.3 is 6.09 Å². The molecular formula is C16H24INO4. The van der Waals surface area contributed by atoms with Crippen LogP contribution in [0.25, 0.3) is 0 Å². The summed E-state index contributed by atoms with van der Waals surface area (Å²) >= 11 is 2.27. The van der Waals surface area contributed by atoms with Crippen molar-refractivity contribution in [3.63, 3.8) is 0 Å². The van der Waals surface area contributed by atoms with Gasteiger partial charge in [0.15, 0.2) is 0 Å². The summed E-state index contributed by atoms with van der Waals surface area (Å²) in [5.41, 5.74) is 1.14. The Kier molecular flexibility index (Phi) is 8.74. The summed E-state index contributed by atoms with van der Waals surface area (Å²) in [6.45, 7) is 4.01. The van der Waals surface area contributed by atoms with Crippen molar-refractivity contribution in [3.8, 4) is 0 Å². The number of nitrogens with zero attached hydrogens (tertiary/aromatic N) is 1. The van der Waals surface area contributed by atoms with Crippen LogP contribution in [0.1, 0.15) is 32.3 Å². The van der Waals surface area contributed by atoms with Crippen LogP contribution in [0.5, 0.6) is 0 Å². The van der Waals surface area contributed by atoms with E-state index in [1.165, 1.54) is 12.0 Å². The second-order valence-corrected chi connectivity index (χ2v) is 6.31. The molecule has 5 nitrogen and oxygen atoms in total. The molecule has 1 amide bonds. The van der Waals surface area contributed by atoms with Gasteiger partial charge in [-0.15, -0.1) is 0 Å². The van der Waals surface area contributed by atoms with Crippen LogP contribution in [-0.4, -0.2) is 42.3 Å². The third-order valence-corrected chi connectivity index (χ3v) is 4.45. The van der Waals surface area contributed by atoms with E-state index in [0.29, 0.717) is 12.8 Å². The van der Waals surface area contributed by atoms with Crippen molar-refractivity contribution in [3.05, 3.63) is 33.4 Å². The molecule has 0 aliphatic rings. The molecule has 0 bridgehead atoms. The molecule has 0 heterocycles. The minimum absolute atomic E-state index is 0.0873. The first-order valence-corrected chi connectivity index (χ1v) is 8.44. The Morgan fingerprint density at radius 2 is 2.09 bits per heavy atom. The first kappa shape index (κ1) is 19.2. The smallest absolute Gasteiger partial charge is 0.409 e. The van der Waals surface area contributed by atoms with Crippen molar-refractivity contribution in [2.75, 3.05) is 13.9 Å². The predicted octanol–water partition coefficient (Wildman–Crippen LogP) is 3.95. The second-order valence-electron chi connectivity index (χ2n) is 5.15. The van der Waals surface area contributed by atoms with Crippen LogP contribution in [0, 0.1) is 3.57 Å². The molecule has 1 N–H and O–H groups in total. The molecule has 0 fully saturated rings. The molecule has 0 radical (unpaired) electrons. The highest BCUT2D eigenvalue weighted by atomic mass is 127. The maximum atomic E-state index is 11.7. The summed E-state index contributed by atoms with van der Waals surface area (Å²) in [6, 6.07) is 7.83. The van der Waals surface area contributed by atoms with Gasteiger partial charge in [0.2, 0.25) is 0 Å². The molecule has 0 aliphatic heterocycles. The van der Waals surface area contributed by atoms with Crippen LogP contribution < -0.4 is 0 Å².